The largest absolute Gasteiger partial charge is 0.465 e. The number of benzene rings is 1. The van der Waals surface area contributed by atoms with E-state index in [9.17, 15) is 15.0 Å². The van der Waals surface area contributed by atoms with Crippen LogP contribution in [0.2, 0.25) is 0 Å². The van der Waals surface area contributed by atoms with Gasteiger partial charge in [0.1, 0.15) is 0 Å². The first-order valence-electron chi connectivity index (χ1n) is 6.61. The van der Waals surface area contributed by atoms with Crippen molar-refractivity contribution in [1.82, 2.24) is 4.90 Å². The minimum absolute atomic E-state index is 0.185. The van der Waals surface area contributed by atoms with Crippen molar-refractivity contribution in [1.29, 1.82) is 0 Å². The monoisotopic (exact) mass is 263 g/mol. The lowest BCUT2D eigenvalue weighted by atomic mass is 9.92. The first-order valence-corrected chi connectivity index (χ1v) is 6.61. The Hall–Kier alpha value is -1.55. The van der Waals surface area contributed by atoms with Gasteiger partial charge in [-0.3, -0.25) is 4.90 Å². The molecule has 1 aliphatic rings. The van der Waals surface area contributed by atoms with Crippen molar-refractivity contribution < 1.29 is 15.0 Å². The second-order valence-electron chi connectivity index (χ2n) is 5.93. The zero-order valence-corrected chi connectivity index (χ0v) is 11.6. The van der Waals surface area contributed by atoms with Gasteiger partial charge in [-0.15, -0.1) is 0 Å². The highest BCUT2D eigenvalue weighted by Crippen LogP contribution is 2.43. The van der Waals surface area contributed by atoms with Crippen molar-refractivity contribution in [2.75, 3.05) is 0 Å². The topological polar surface area (TPSA) is 60.8 Å². The van der Waals surface area contributed by atoms with Gasteiger partial charge in [0.05, 0.1) is 17.7 Å². The summed E-state index contributed by atoms with van der Waals surface area (Å²) < 4.78 is 0. The van der Waals surface area contributed by atoms with Crippen molar-refractivity contribution in [3.63, 3.8) is 0 Å². The number of hydrogen-bond donors (Lipinski definition) is 2. The highest BCUT2D eigenvalue weighted by Gasteiger charge is 2.48. The molecule has 0 radical (unpaired) electrons. The zero-order valence-electron chi connectivity index (χ0n) is 11.6. The van der Waals surface area contributed by atoms with Crippen LogP contribution in [0.15, 0.2) is 30.3 Å². The Kier molecular flexibility index (Phi) is 3.54. The smallest absolute Gasteiger partial charge is 0.408 e. The van der Waals surface area contributed by atoms with Crippen LogP contribution in [0.1, 0.15) is 38.8 Å². The first kappa shape index (κ1) is 13.9. The number of likely N-dealkylation sites (tertiary alicyclic amines) is 1. The average molecular weight is 263 g/mol. The van der Waals surface area contributed by atoms with Gasteiger partial charge in [-0.25, -0.2) is 4.79 Å². The molecule has 1 saturated heterocycles. The highest BCUT2D eigenvalue weighted by atomic mass is 16.4. The van der Waals surface area contributed by atoms with Crippen molar-refractivity contribution in [3.05, 3.63) is 35.9 Å². The summed E-state index contributed by atoms with van der Waals surface area (Å²) in [6.07, 6.45) is -0.291. The molecule has 2 rings (SSSR count). The van der Waals surface area contributed by atoms with E-state index in [1.807, 2.05) is 37.3 Å². The molecule has 0 aromatic heterocycles. The Morgan fingerprint density at radius 1 is 1.32 bits per heavy atom. The van der Waals surface area contributed by atoms with Gasteiger partial charge in [0.2, 0.25) is 0 Å². The molecule has 1 aromatic rings. The Morgan fingerprint density at radius 2 is 1.89 bits per heavy atom. The normalized spacial score (nSPS) is 27.6. The van der Waals surface area contributed by atoms with Crippen LogP contribution in [-0.2, 0) is 0 Å². The van der Waals surface area contributed by atoms with Gasteiger partial charge >= 0.3 is 6.09 Å². The van der Waals surface area contributed by atoms with E-state index in [0.29, 0.717) is 6.42 Å². The van der Waals surface area contributed by atoms with Crippen molar-refractivity contribution in [2.45, 2.75) is 44.9 Å². The summed E-state index contributed by atoms with van der Waals surface area (Å²) in [5, 5.41) is 19.7. The minimum atomic E-state index is -1.03. The lowest BCUT2D eigenvalue weighted by Crippen LogP contribution is -2.48. The second-order valence-corrected chi connectivity index (χ2v) is 5.93. The van der Waals surface area contributed by atoms with Gasteiger partial charge in [0, 0.05) is 0 Å². The van der Waals surface area contributed by atoms with Crippen LogP contribution < -0.4 is 0 Å². The molecule has 0 bridgehead atoms. The van der Waals surface area contributed by atoms with Crippen LogP contribution in [0.25, 0.3) is 0 Å². The fraction of sp³-hybridized carbons (Fsp3) is 0.533. The SMILES string of the molecule is C[C@H]1C[C@H](C(C)(C)O)N(C(=O)O)[C@@H]1c1ccccc1. The third kappa shape index (κ3) is 2.59. The van der Waals surface area contributed by atoms with Crippen LogP contribution in [0.5, 0.6) is 0 Å². The third-order valence-electron chi connectivity index (χ3n) is 3.95. The van der Waals surface area contributed by atoms with Crippen LogP contribution in [0.4, 0.5) is 4.79 Å². The zero-order chi connectivity index (χ0) is 14.2. The Balaban J connectivity index is 2.40. The number of hydrogen-bond acceptors (Lipinski definition) is 2. The van der Waals surface area contributed by atoms with Crippen molar-refractivity contribution >= 4 is 6.09 Å². The van der Waals surface area contributed by atoms with E-state index in [4.69, 9.17) is 0 Å². The first-order chi connectivity index (χ1) is 8.82. The van der Waals surface area contributed by atoms with E-state index in [0.717, 1.165) is 5.56 Å². The number of rotatable bonds is 2. The molecule has 19 heavy (non-hydrogen) atoms. The van der Waals surface area contributed by atoms with Crippen LogP contribution in [0.3, 0.4) is 0 Å². The van der Waals surface area contributed by atoms with E-state index in [-0.39, 0.29) is 18.0 Å². The second kappa shape index (κ2) is 4.85. The molecule has 3 atom stereocenters. The quantitative estimate of drug-likeness (QED) is 0.862. The fourth-order valence-corrected chi connectivity index (χ4v) is 3.08. The van der Waals surface area contributed by atoms with E-state index in [2.05, 4.69) is 0 Å². The molecule has 0 saturated carbocycles. The minimum Gasteiger partial charge on any atom is -0.465 e. The van der Waals surface area contributed by atoms with Gasteiger partial charge in [-0.05, 0) is 31.7 Å². The van der Waals surface area contributed by atoms with E-state index in [1.54, 1.807) is 13.8 Å². The molecule has 1 aromatic carbocycles. The lowest BCUT2D eigenvalue weighted by Gasteiger charge is -2.35. The molecular weight excluding hydrogens is 242 g/mol. The van der Waals surface area contributed by atoms with Crippen LogP contribution >= 0.6 is 0 Å². The average Bonchev–Trinajstić information content (AvgIpc) is 2.68. The van der Waals surface area contributed by atoms with Crippen molar-refractivity contribution in [3.8, 4) is 0 Å². The lowest BCUT2D eigenvalue weighted by molar-refractivity contribution is -0.00678. The molecule has 2 N–H and O–H groups in total. The van der Waals surface area contributed by atoms with Crippen molar-refractivity contribution in [2.24, 2.45) is 5.92 Å². The molecule has 4 heteroatoms. The predicted octanol–water partition coefficient (Wildman–Crippen LogP) is 2.89. The molecule has 1 fully saturated rings. The van der Waals surface area contributed by atoms with Crippen LogP contribution in [0, 0.1) is 5.92 Å². The van der Waals surface area contributed by atoms with Gasteiger partial charge in [0.15, 0.2) is 0 Å². The summed E-state index contributed by atoms with van der Waals surface area (Å²) in [5.41, 5.74) is -0.0416. The number of nitrogens with zero attached hydrogens (tertiary/aromatic N) is 1. The molecule has 0 unspecified atom stereocenters. The summed E-state index contributed by atoms with van der Waals surface area (Å²) in [6.45, 7) is 5.39. The molecule has 0 spiro atoms. The van der Waals surface area contributed by atoms with Gasteiger partial charge in [-0.2, -0.15) is 0 Å². The fourth-order valence-electron chi connectivity index (χ4n) is 3.08. The standard InChI is InChI=1S/C15H21NO3/c1-10-9-12(15(2,3)19)16(14(17)18)13(10)11-7-5-4-6-8-11/h4-8,10,12-13,19H,9H2,1-3H3,(H,17,18)/t10-,12+,13-/m0/s1. The van der Waals surface area contributed by atoms with E-state index >= 15 is 0 Å². The maximum atomic E-state index is 11.6. The maximum Gasteiger partial charge on any atom is 0.408 e. The van der Waals surface area contributed by atoms with Gasteiger partial charge < -0.3 is 10.2 Å². The number of aliphatic hydroxyl groups is 1. The Labute approximate surface area is 113 Å². The van der Waals surface area contributed by atoms with Gasteiger partial charge in [0.25, 0.3) is 0 Å². The summed E-state index contributed by atoms with van der Waals surface area (Å²) in [7, 11) is 0. The molecule has 4 nitrogen and oxygen atoms in total. The molecular formula is C15H21NO3. The number of carbonyl (C=O) groups is 1. The molecule has 1 heterocycles. The van der Waals surface area contributed by atoms with Gasteiger partial charge in [-0.1, -0.05) is 37.3 Å². The Morgan fingerprint density at radius 3 is 2.37 bits per heavy atom. The highest BCUT2D eigenvalue weighted by molar-refractivity contribution is 5.67. The maximum absolute atomic E-state index is 11.6. The van der Waals surface area contributed by atoms with Crippen LogP contribution in [-0.4, -0.2) is 32.8 Å². The van der Waals surface area contributed by atoms with E-state index < -0.39 is 11.7 Å². The summed E-state index contributed by atoms with van der Waals surface area (Å²) in [4.78, 5) is 13.0. The number of amides is 1. The predicted molar refractivity (Wildman–Crippen MR) is 72.9 cm³/mol. The summed E-state index contributed by atoms with van der Waals surface area (Å²) >= 11 is 0. The summed E-state index contributed by atoms with van der Waals surface area (Å²) in [5.74, 6) is 0.190. The molecule has 104 valence electrons. The third-order valence-corrected chi connectivity index (χ3v) is 3.95. The Bertz CT molecular complexity index is 452. The molecule has 1 aliphatic heterocycles. The number of carboxylic acid groups (broad SMARTS) is 1. The molecule has 0 aliphatic carbocycles. The summed E-state index contributed by atoms with van der Waals surface area (Å²) in [6, 6.07) is 9.09. The molecule has 1 amide bonds. The van der Waals surface area contributed by atoms with E-state index in [1.165, 1.54) is 4.90 Å².